The van der Waals surface area contributed by atoms with Crippen LogP contribution >= 0.6 is 0 Å². The number of fused-ring (bicyclic) bond motifs is 1. The third-order valence-electron chi connectivity index (χ3n) is 1.83. The van der Waals surface area contributed by atoms with Crippen molar-refractivity contribution in [3.05, 3.63) is 41.9 Å². The molecular formula is C9H10N. The lowest BCUT2D eigenvalue weighted by Crippen LogP contribution is -2.05. The van der Waals surface area contributed by atoms with Crippen molar-refractivity contribution in [2.24, 2.45) is 0 Å². The van der Waals surface area contributed by atoms with Gasteiger partial charge in [0.05, 0.1) is 6.54 Å². The van der Waals surface area contributed by atoms with E-state index in [1.165, 1.54) is 11.1 Å². The molecule has 0 N–H and O–H groups in total. The summed E-state index contributed by atoms with van der Waals surface area (Å²) in [5.74, 6) is 0. The molecule has 1 aliphatic rings. The molecule has 1 aliphatic heterocycles. The van der Waals surface area contributed by atoms with E-state index in [-0.39, 0.29) is 0 Å². The summed E-state index contributed by atoms with van der Waals surface area (Å²) in [6, 6.07) is 8.49. The Bertz CT molecular complexity index is 217. The van der Waals surface area contributed by atoms with Crippen molar-refractivity contribution in [1.29, 1.82) is 0 Å². The van der Waals surface area contributed by atoms with Crippen molar-refractivity contribution in [1.82, 2.24) is 4.90 Å². The van der Waals surface area contributed by atoms with E-state index in [0.717, 1.165) is 6.54 Å². The van der Waals surface area contributed by atoms with Crippen molar-refractivity contribution in [2.45, 2.75) is 6.54 Å². The summed E-state index contributed by atoms with van der Waals surface area (Å²) >= 11 is 0. The van der Waals surface area contributed by atoms with E-state index < -0.39 is 0 Å². The highest BCUT2D eigenvalue weighted by atomic mass is 15.1. The van der Waals surface area contributed by atoms with E-state index in [0.29, 0.717) is 0 Å². The minimum atomic E-state index is 1.07. The zero-order chi connectivity index (χ0) is 6.97. The molecule has 1 aromatic carbocycles. The molecule has 0 aromatic heterocycles. The zero-order valence-corrected chi connectivity index (χ0v) is 6.04. The van der Waals surface area contributed by atoms with Gasteiger partial charge in [-0.25, -0.2) is 0 Å². The molecule has 0 fully saturated rings. The predicted molar refractivity (Wildman–Crippen MR) is 41.3 cm³/mol. The molecule has 0 spiro atoms. The fourth-order valence-electron chi connectivity index (χ4n) is 1.36. The number of rotatable bonds is 0. The summed E-state index contributed by atoms with van der Waals surface area (Å²) < 4.78 is 0. The standard InChI is InChI=1S/C9H10N/c1-10-6-8-4-2-3-5-9(8)7-10/h2-6H,7H2,1H3. The first-order chi connectivity index (χ1) is 4.86. The normalized spacial score (nSPS) is 17.3. The van der Waals surface area contributed by atoms with Crippen LogP contribution in [0.15, 0.2) is 24.3 Å². The molecule has 1 heterocycles. The van der Waals surface area contributed by atoms with Gasteiger partial charge >= 0.3 is 0 Å². The summed E-state index contributed by atoms with van der Waals surface area (Å²) in [7, 11) is 2.10. The third kappa shape index (κ3) is 0.830. The quantitative estimate of drug-likeness (QED) is 0.518. The molecule has 0 saturated carbocycles. The molecule has 0 atom stereocenters. The molecule has 0 amide bonds. The molecule has 1 radical (unpaired) electrons. The maximum atomic E-state index is 2.20. The average molecular weight is 132 g/mol. The summed E-state index contributed by atoms with van der Waals surface area (Å²) in [5.41, 5.74) is 2.80. The molecule has 1 aromatic rings. The molecule has 0 unspecified atom stereocenters. The maximum Gasteiger partial charge on any atom is 0.0549 e. The van der Waals surface area contributed by atoms with Gasteiger partial charge in [-0.3, -0.25) is 4.90 Å². The maximum absolute atomic E-state index is 2.20. The van der Waals surface area contributed by atoms with Crippen LogP contribution in [0.1, 0.15) is 11.1 Å². The fourth-order valence-corrected chi connectivity index (χ4v) is 1.36. The fraction of sp³-hybridized carbons (Fsp3) is 0.222. The Morgan fingerprint density at radius 2 is 2.10 bits per heavy atom. The molecule has 2 rings (SSSR count). The number of hydrogen-bond donors (Lipinski definition) is 0. The lowest BCUT2D eigenvalue weighted by atomic mass is 10.1. The lowest BCUT2D eigenvalue weighted by Gasteiger charge is -2.01. The van der Waals surface area contributed by atoms with Crippen LogP contribution in [0, 0.1) is 6.54 Å². The Morgan fingerprint density at radius 3 is 2.90 bits per heavy atom. The van der Waals surface area contributed by atoms with Crippen LogP contribution < -0.4 is 0 Å². The second-order valence-corrected chi connectivity index (χ2v) is 2.74. The Hall–Kier alpha value is -0.820. The summed E-state index contributed by atoms with van der Waals surface area (Å²) in [6.45, 7) is 3.24. The highest BCUT2D eigenvalue weighted by Gasteiger charge is 2.13. The van der Waals surface area contributed by atoms with E-state index in [1.54, 1.807) is 0 Å². The van der Waals surface area contributed by atoms with E-state index in [9.17, 15) is 0 Å². The van der Waals surface area contributed by atoms with Gasteiger partial charge in [-0.05, 0) is 18.2 Å². The molecule has 10 heavy (non-hydrogen) atoms. The third-order valence-corrected chi connectivity index (χ3v) is 1.83. The van der Waals surface area contributed by atoms with Crippen molar-refractivity contribution < 1.29 is 0 Å². The minimum absolute atomic E-state index is 1.07. The largest absolute Gasteiger partial charge is 0.293 e. The van der Waals surface area contributed by atoms with Crippen LogP contribution in [-0.2, 0) is 6.54 Å². The van der Waals surface area contributed by atoms with Gasteiger partial charge in [-0.1, -0.05) is 24.3 Å². The Kier molecular flexibility index (Phi) is 1.24. The minimum Gasteiger partial charge on any atom is -0.293 e. The SMILES string of the molecule is CN1[CH]c2ccccc2C1. The van der Waals surface area contributed by atoms with Gasteiger partial charge in [-0.15, -0.1) is 0 Å². The average Bonchev–Trinajstić information content (AvgIpc) is 2.27. The Labute approximate surface area is 61.3 Å². The second kappa shape index (κ2) is 2.10. The van der Waals surface area contributed by atoms with Gasteiger partial charge in [0.25, 0.3) is 0 Å². The summed E-state index contributed by atoms with van der Waals surface area (Å²) in [4.78, 5) is 2.20. The topological polar surface area (TPSA) is 3.24 Å². The zero-order valence-electron chi connectivity index (χ0n) is 6.04. The summed E-state index contributed by atoms with van der Waals surface area (Å²) in [5, 5.41) is 0. The molecule has 1 nitrogen and oxygen atoms in total. The molecule has 0 bridgehead atoms. The molecule has 0 aliphatic carbocycles. The Morgan fingerprint density at radius 1 is 1.30 bits per heavy atom. The van der Waals surface area contributed by atoms with Gasteiger partial charge in [0, 0.05) is 6.54 Å². The van der Waals surface area contributed by atoms with Crippen molar-refractivity contribution in [3.8, 4) is 0 Å². The number of nitrogens with zero attached hydrogens (tertiary/aromatic N) is 1. The first-order valence-electron chi connectivity index (χ1n) is 3.49. The van der Waals surface area contributed by atoms with Crippen molar-refractivity contribution in [2.75, 3.05) is 7.05 Å². The summed E-state index contributed by atoms with van der Waals surface area (Å²) in [6.07, 6.45) is 0. The van der Waals surface area contributed by atoms with Crippen molar-refractivity contribution in [3.63, 3.8) is 0 Å². The van der Waals surface area contributed by atoms with Gasteiger partial charge in [0.15, 0.2) is 0 Å². The highest BCUT2D eigenvalue weighted by molar-refractivity contribution is 5.36. The second-order valence-electron chi connectivity index (χ2n) is 2.74. The van der Waals surface area contributed by atoms with Gasteiger partial charge < -0.3 is 0 Å². The molecule has 0 saturated heterocycles. The molecule has 51 valence electrons. The monoisotopic (exact) mass is 132 g/mol. The molecular weight excluding hydrogens is 122 g/mol. The number of hydrogen-bond acceptors (Lipinski definition) is 1. The predicted octanol–water partition coefficient (Wildman–Crippen LogP) is 1.64. The smallest absolute Gasteiger partial charge is 0.0549 e. The van der Waals surface area contributed by atoms with Crippen LogP contribution in [0.3, 0.4) is 0 Å². The van der Waals surface area contributed by atoms with E-state index in [1.807, 2.05) is 0 Å². The van der Waals surface area contributed by atoms with Crippen LogP contribution in [-0.4, -0.2) is 11.9 Å². The van der Waals surface area contributed by atoms with Gasteiger partial charge in [-0.2, -0.15) is 0 Å². The van der Waals surface area contributed by atoms with Gasteiger partial charge in [0.2, 0.25) is 0 Å². The van der Waals surface area contributed by atoms with E-state index in [4.69, 9.17) is 0 Å². The first-order valence-corrected chi connectivity index (χ1v) is 3.49. The van der Waals surface area contributed by atoms with Gasteiger partial charge in [0.1, 0.15) is 0 Å². The molecule has 1 heteroatoms. The Balaban J connectivity index is 2.42. The van der Waals surface area contributed by atoms with Crippen LogP contribution in [0.25, 0.3) is 0 Å². The first kappa shape index (κ1) is 5.93. The van der Waals surface area contributed by atoms with Crippen LogP contribution in [0.4, 0.5) is 0 Å². The van der Waals surface area contributed by atoms with E-state index in [2.05, 4.69) is 42.8 Å². The highest BCUT2D eigenvalue weighted by Crippen LogP contribution is 2.21. The lowest BCUT2D eigenvalue weighted by molar-refractivity contribution is 0.443. The van der Waals surface area contributed by atoms with Crippen LogP contribution in [0.2, 0.25) is 0 Å². The number of benzene rings is 1. The van der Waals surface area contributed by atoms with E-state index >= 15 is 0 Å². The van der Waals surface area contributed by atoms with Crippen LogP contribution in [0.5, 0.6) is 0 Å². The van der Waals surface area contributed by atoms with Crippen molar-refractivity contribution >= 4 is 0 Å².